The van der Waals surface area contributed by atoms with E-state index in [0.717, 1.165) is 59.8 Å². The van der Waals surface area contributed by atoms with Crippen LogP contribution in [0.25, 0.3) is 77.2 Å². The van der Waals surface area contributed by atoms with Crippen molar-refractivity contribution in [3.8, 4) is 55.6 Å². The number of unbranched alkanes of at least 4 members (excludes halogenated alkanes) is 10. The summed E-state index contributed by atoms with van der Waals surface area (Å²) in [5.74, 6) is 0. The van der Waals surface area contributed by atoms with Gasteiger partial charge >= 0.3 is 0 Å². The van der Waals surface area contributed by atoms with Gasteiger partial charge < -0.3 is 9.80 Å². The molecule has 0 fully saturated rings. The molecule has 0 saturated carbocycles. The standard InChI is InChI=1S/C92H96N2/c1-9-11-13-15-17-21-35-73-65-87(71-45-57-79(58-46-71)93(81-61-49-75(50-62-81)91(3,4)5)77-53-41-69(42-54-77)67-31-23-19-24-32-67)83-37-27-29-39-85(83)89(73)90-74(36-22-18-16-14-12-10-2)66-88(84-38-28-30-40-86(84)90)72-47-59-80(60-48-72)94(82-63-51-76(52-64-82)92(6,7)8)78-55-43-70(44-56-78)68-33-25-20-26-34-68/h19-20,23-34,37-66H,9-18,21-22,35-36H2,1-8H3. The lowest BCUT2D eigenvalue weighted by molar-refractivity contribution is 0.590. The first-order valence-corrected chi connectivity index (χ1v) is 35.3. The molecule has 2 nitrogen and oxygen atoms in total. The van der Waals surface area contributed by atoms with E-state index >= 15 is 0 Å². The fourth-order valence-corrected chi connectivity index (χ4v) is 14.1. The van der Waals surface area contributed by atoms with Crippen LogP contribution < -0.4 is 9.80 Å². The third-order valence-corrected chi connectivity index (χ3v) is 19.4. The summed E-state index contributed by atoms with van der Waals surface area (Å²) >= 11 is 0. The molecule has 0 unspecified atom stereocenters. The van der Waals surface area contributed by atoms with Crippen molar-refractivity contribution in [2.75, 3.05) is 9.80 Å². The van der Waals surface area contributed by atoms with E-state index in [9.17, 15) is 0 Å². The highest BCUT2D eigenvalue weighted by Crippen LogP contribution is 2.48. The Morgan fingerprint density at radius 1 is 0.245 bits per heavy atom. The van der Waals surface area contributed by atoms with Gasteiger partial charge in [0.25, 0.3) is 0 Å². The maximum Gasteiger partial charge on any atom is 0.0462 e. The van der Waals surface area contributed by atoms with Gasteiger partial charge in [0.1, 0.15) is 0 Å². The van der Waals surface area contributed by atoms with Gasteiger partial charge in [-0.25, -0.2) is 0 Å². The van der Waals surface area contributed by atoms with E-state index in [1.165, 1.54) is 164 Å². The SMILES string of the molecule is CCCCCCCCc1cc(-c2ccc(N(c3ccc(-c4ccccc4)cc3)c3ccc(C(C)(C)C)cc3)cc2)c2ccccc2c1-c1c(CCCCCCCC)cc(-c2ccc(N(c3ccc(-c4ccccc4)cc3)c3ccc(C(C)(C)C)cc3)cc2)c2ccccc12. The molecule has 0 radical (unpaired) electrons. The van der Waals surface area contributed by atoms with Crippen molar-refractivity contribution in [1.82, 2.24) is 0 Å². The molecule has 474 valence electrons. The summed E-state index contributed by atoms with van der Waals surface area (Å²) in [6, 6.07) is 101. The summed E-state index contributed by atoms with van der Waals surface area (Å²) in [7, 11) is 0. The van der Waals surface area contributed by atoms with Crippen LogP contribution in [0.15, 0.2) is 267 Å². The second-order valence-electron chi connectivity index (χ2n) is 28.2. The molecule has 0 aliphatic rings. The topological polar surface area (TPSA) is 6.48 Å². The quantitative estimate of drug-likeness (QED) is 0.0526. The van der Waals surface area contributed by atoms with Crippen molar-refractivity contribution in [3.63, 3.8) is 0 Å². The first kappa shape index (κ1) is 64.8. The summed E-state index contributed by atoms with van der Waals surface area (Å²) in [6.07, 6.45) is 17.1. The molecule has 0 aliphatic heterocycles. The van der Waals surface area contributed by atoms with E-state index in [0.29, 0.717) is 0 Å². The highest BCUT2D eigenvalue weighted by atomic mass is 15.1. The second kappa shape index (κ2) is 29.8. The Morgan fingerprint density at radius 2 is 0.500 bits per heavy atom. The van der Waals surface area contributed by atoms with Crippen LogP contribution in [0.3, 0.4) is 0 Å². The van der Waals surface area contributed by atoms with Crippen LogP contribution in [-0.4, -0.2) is 0 Å². The Labute approximate surface area is 563 Å². The monoisotopic (exact) mass is 1230 g/mol. The number of anilines is 6. The highest BCUT2D eigenvalue weighted by Gasteiger charge is 2.24. The van der Waals surface area contributed by atoms with Crippen LogP contribution in [0.4, 0.5) is 34.1 Å². The Morgan fingerprint density at radius 3 is 0.809 bits per heavy atom. The predicted octanol–water partition coefficient (Wildman–Crippen LogP) is 27.7. The van der Waals surface area contributed by atoms with Gasteiger partial charge in [0.2, 0.25) is 0 Å². The first-order valence-electron chi connectivity index (χ1n) is 35.3. The van der Waals surface area contributed by atoms with E-state index < -0.39 is 0 Å². The molecule has 2 heteroatoms. The molecular formula is C92H96N2. The minimum atomic E-state index is 0.0522. The van der Waals surface area contributed by atoms with Crippen molar-refractivity contribution in [2.24, 2.45) is 0 Å². The van der Waals surface area contributed by atoms with Crippen molar-refractivity contribution in [2.45, 2.75) is 156 Å². The molecule has 0 spiro atoms. The number of benzene rings is 12. The van der Waals surface area contributed by atoms with Crippen molar-refractivity contribution < 1.29 is 0 Å². The van der Waals surface area contributed by atoms with Gasteiger partial charge in [0, 0.05) is 34.1 Å². The molecule has 0 saturated heterocycles. The Balaban J connectivity index is 0.970. The largest absolute Gasteiger partial charge is 0.311 e. The second-order valence-corrected chi connectivity index (χ2v) is 28.2. The molecule has 0 aromatic heterocycles. The van der Waals surface area contributed by atoms with Crippen LogP contribution >= 0.6 is 0 Å². The smallest absolute Gasteiger partial charge is 0.0462 e. The van der Waals surface area contributed by atoms with E-state index in [4.69, 9.17) is 0 Å². The molecule has 12 aromatic carbocycles. The zero-order valence-electron chi connectivity index (χ0n) is 57.2. The zero-order valence-corrected chi connectivity index (χ0v) is 57.2. The molecule has 0 aliphatic carbocycles. The van der Waals surface area contributed by atoms with Gasteiger partial charge in [-0.3, -0.25) is 0 Å². The molecule has 0 heterocycles. The number of aryl methyl sites for hydroxylation is 2. The molecule has 0 amide bonds. The first-order chi connectivity index (χ1) is 45.8. The lowest BCUT2D eigenvalue weighted by atomic mass is 9.80. The normalized spacial score (nSPS) is 11.8. The maximum atomic E-state index is 2.61. The highest BCUT2D eigenvalue weighted by molar-refractivity contribution is 6.14. The van der Waals surface area contributed by atoms with E-state index in [-0.39, 0.29) is 10.8 Å². The minimum absolute atomic E-state index is 0.0522. The van der Waals surface area contributed by atoms with Crippen LogP contribution in [0.5, 0.6) is 0 Å². The Bertz CT molecular complexity index is 4110. The molecule has 12 aromatic rings. The number of hydrogen-bond donors (Lipinski definition) is 0. The van der Waals surface area contributed by atoms with Crippen LogP contribution in [-0.2, 0) is 23.7 Å². The van der Waals surface area contributed by atoms with Gasteiger partial charge in [0.15, 0.2) is 0 Å². The van der Waals surface area contributed by atoms with Crippen LogP contribution in [0.2, 0.25) is 0 Å². The lowest BCUT2D eigenvalue weighted by Gasteiger charge is -2.27. The third-order valence-electron chi connectivity index (χ3n) is 19.4. The third kappa shape index (κ3) is 14.9. The lowest BCUT2D eigenvalue weighted by Crippen LogP contribution is -2.13. The molecule has 0 N–H and O–H groups in total. The van der Waals surface area contributed by atoms with Gasteiger partial charge in [-0.2, -0.15) is 0 Å². The summed E-state index contributed by atoms with van der Waals surface area (Å²) < 4.78 is 0. The average Bonchev–Trinajstić information content (AvgIpc) is 0.736. The van der Waals surface area contributed by atoms with Crippen LogP contribution in [0, 0.1) is 0 Å². The van der Waals surface area contributed by atoms with Crippen molar-refractivity contribution in [1.29, 1.82) is 0 Å². The molecule has 12 rings (SSSR count). The zero-order chi connectivity index (χ0) is 65.0. The number of rotatable bonds is 25. The van der Waals surface area contributed by atoms with Gasteiger partial charge in [-0.1, -0.05) is 302 Å². The predicted molar refractivity (Wildman–Crippen MR) is 410 cm³/mol. The van der Waals surface area contributed by atoms with Gasteiger partial charge in [-0.15, -0.1) is 0 Å². The molecular weight excluding hydrogens is 1130 g/mol. The Hall–Kier alpha value is -9.24. The summed E-state index contributed by atoms with van der Waals surface area (Å²) in [4.78, 5) is 4.83. The van der Waals surface area contributed by atoms with E-state index in [1.54, 1.807) is 0 Å². The van der Waals surface area contributed by atoms with Gasteiger partial charge in [-0.05, 0) is 221 Å². The maximum absolute atomic E-state index is 2.61. The summed E-state index contributed by atoms with van der Waals surface area (Å²) in [5, 5.41) is 5.26. The molecule has 0 bridgehead atoms. The Kier molecular flexibility index (Phi) is 20.6. The fourth-order valence-electron chi connectivity index (χ4n) is 14.1. The summed E-state index contributed by atoms with van der Waals surface area (Å²) in [5.41, 5.74) is 25.2. The van der Waals surface area contributed by atoms with Crippen LogP contribution in [0.1, 0.15) is 155 Å². The molecule has 94 heavy (non-hydrogen) atoms. The fraction of sp³-hybridized carbons (Fsp3) is 0.261. The average molecular weight is 1230 g/mol. The number of fused-ring (bicyclic) bond motifs is 2. The minimum Gasteiger partial charge on any atom is -0.311 e. The van der Waals surface area contributed by atoms with Crippen molar-refractivity contribution >= 4 is 55.7 Å². The van der Waals surface area contributed by atoms with Crippen molar-refractivity contribution in [3.05, 3.63) is 289 Å². The van der Waals surface area contributed by atoms with E-state index in [2.05, 4.69) is 332 Å². The number of hydrogen-bond acceptors (Lipinski definition) is 2. The van der Waals surface area contributed by atoms with E-state index in [1.807, 2.05) is 0 Å². The molecule has 0 atom stereocenters. The number of nitrogens with zero attached hydrogens (tertiary/aromatic N) is 2. The van der Waals surface area contributed by atoms with Gasteiger partial charge in [0.05, 0.1) is 0 Å². The summed E-state index contributed by atoms with van der Waals surface area (Å²) in [6.45, 7) is 18.4.